The summed E-state index contributed by atoms with van der Waals surface area (Å²) in [5, 5.41) is 7.67. The van der Waals surface area contributed by atoms with E-state index < -0.39 is 0 Å². The molecular weight excluding hydrogens is 162 g/mol. The fraction of sp³-hybridized carbons (Fsp3) is 0.700. The zero-order valence-corrected chi connectivity index (χ0v) is 8.16. The van der Waals surface area contributed by atoms with Gasteiger partial charge in [-0.15, -0.1) is 0 Å². The van der Waals surface area contributed by atoms with Gasteiger partial charge in [0.05, 0.1) is 12.7 Å². The molecule has 3 heteroatoms. The van der Waals surface area contributed by atoms with E-state index >= 15 is 0 Å². The number of rotatable bonds is 5. The summed E-state index contributed by atoms with van der Waals surface area (Å²) in [5.41, 5.74) is 1.24. The molecular formula is C10H17N3. The number of nitrogens with one attached hydrogen (secondary N) is 1. The van der Waals surface area contributed by atoms with Crippen molar-refractivity contribution in [1.82, 2.24) is 15.1 Å². The third-order valence-corrected chi connectivity index (χ3v) is 2.41. The van der Waals surface area contributed by atoms with Gasteiger partial charge in [-0.3, -0.25) is 4.68 Å². The first-order chi connectivity index (χ1) is 6.34. The molecule has 1 aromatic heterocycles. The van der Waals surface area contributed by atoms with E-state index in [1.165, 1.54) is 24.9 Å². The average Bonchev–Trinajstić information content (AvgIpc) is 2.84. The van der Waals surface area contributed by atoms with Crippen LogP contribution in [0.2, 0.25) is 0 Å². The maximum atomic E-state index is 4.22. The predicted molar refractivity (Wildman–Crippen MR) is 52.6 cm³/mol. The highest BCUT2D eigenvalue weighted by molar-refractivity contribution is 4.99. The largest absolute Gasteiger partial charge is 0.315 e. The van der Waals surface area contributed by atoms with Gasteiger partial charge in [0.25, 0.3) is 0 Å². The molecule has 0 radical (unpaired) electrons. The Morgan fingerprint density at radius 1 is 1.62 bits per heavy atom. The van der Waals surface area contributed by atoms with Crippen molar-refractivity contribution in [1.29, 1.82) is 0 Å². The summed E-state index contributed by atoms with van der Waals surface area (Å²) in [7, 11) is 0. The number of aryl methyl sites for hydroxylation is 1. The second kappa shape index (κ2) is 3.92. The van der Waals surface area contributed by atoms with Crippen LogP contribution in [0.5, 0.6) is 0 Å². The Kier molecular flexibility index (Phi) is 2.64. The van der Waals surface area contributed by atoms with E-state index in [-0.39, 0.29) is 0 Å². The number of hydrogen-bond donors (Lipinski definition) is 1. The van der Waals surface area contributed by atoms with Gasteiger partial charge in [0.15, 0.2) is 0 Å². The van der Waals surface area contributed by atoms with E-state index in [2.05, 4.69) is 23.5 Å². The van der Waals surface area contributed by atoms with Gasteiger partial charge in [0.1, 0.15) is 0 Å². The Morgan fingerprint density at radius 2 is 2.46 bits per heavy atom. The van der Waals surface area contributed by atoms with Crippen LogP contribution in [0.1, 0.15) is 18.4 Å². The van der Waals surface area contributed by atoms with Gasteiger partial charge in [-0.2, -0.15) is 5.10 Å². The second-order valence-corrected chi connectivity index (χ2v) is 3.93. The van der Waals surface area contributed by atoms with E-state index in [0.29, 0.717) is 0 Å². The van der Waals surface area contributed by atoms with E-state index in [0.717, 1.165) is 19.0 Å². The molecule has 0 spiro atoms. The molecule has 0 amide bonds. The molecule has 3 nitrogen and oxygen atoms in total. The zero-order valence-electron chi connectivity index (χ0n) is 8.16. The standard InChI is InChI=1S/C10H17N3/c1-9-6-12-13(8-9)5-4-11-7-10-2-3-10/h6,8,10-11H,2-5,7H2,1H3. The quantitative estimate of drug-likeness (QED) is 0.688. The van der Waals surface area contributed by atoms with Gasteiger partial charge in [0, 0.05) is 12.7 Å². The second-order valence-electron chi connectivity index (χ2n) is 3.93. The molecule has 0 aromatic carbocycles. The molecule has 1 aliphatic carbocycles. The van der Waals surface area contributed by atoms with Crippen LogP contribution in [-0.2, 0) is 6.54 Å². The fourth-order valence-electron chi connectivity index (χ4n) is 1.41. The third kappa shape index (κ3) is 2.84. The normalized spacial score (nSPS) is 16.4. The topological polar surface area (TPSA) is 29.9 Å². The molecule has 0 aliphatic heterocycles. The first-order valence-electron chi connectivity index (χ1n) is 5.04. The Hall–Kier alpha value is -0.830. The molecule has 1 aromatic rings. The summed E-state index contributed by atoms with van der Waals surface area (Å²) in [5.74, 6) is 0.972. The van der Waals surface area contributed by atoms with Crippen molar-refractivity contribution < 1.29 is 0 Å². The number of hydrogen-bond acceptors (Lipinski definition) is 2. The molecule has 72 valence electrons. The third-order valence-electron chi connectivity index (χ3n) is 2.41. The lowest BCUT2D eigenvalue weighted by atomic mass is 10.4. The zero-order chi connectivity index (χ0) is 9.10. The van der Waals surface area contributed by atoms with Crippen molar-refractivity contribution in [2.75, 3.05) is 13.1 Å². The van der Waals surface area contributed by atoms with E-state index in [4.69, 9.17) is 0 Å². The maximum absolute atomic E-state index is 4.22. The molecule has 0 atom stereocenters. The molecule has 0 saturated heterocycles. The van der Waals surface area contributed by atoms with Crippen molar-refractivity contribution in [3.63, 3.8) is 0 Å². The molecule has 2 rings (SSSR count). The van der Waals surface area contributed by atoms with Crippen molar-refractivity contribution in [2.24, 2.45) is 5.92 Å². The monoisotopic (exact) mass is 179 g/mol. The lowest BCUT2D eigenvalue weighted by Crippen LogP contribution is -2.22. The summed E-state index contributed by atoms with van der Waals surface area (Å²) < 4.78 is 2.00. The van der Waals surface area contributed by atoms with Gasteiger partial charge in [-0.1, -0.05) is 0 Å². The molecule has 1 N–H and O–H groups in total. The molecule has 13 heavy (non-hydrogen) atoms. The van der Waals surface area contributed by atoms with E-state index in [9.17, 15) is 0 Å². The summed E-state index contributed by atoms with van der Waals surface area (Å²) in [4.78, 5) is 0. The van der Waals surface area contributed by atoms with Gasteiger partial charge < -0.3 is 5.32 Å². The first kappa shape index (κ1) is 8.75. The highest BCUT2D eigenvalue weighted by atomic mass is 15.3. The van der Waals surface area contributed by atoms with Crippen LogP contribution in [0.4, 0.5) is 0 Å². The van der Waals surface area contributed by atoms with Gasteiger partial charge in [-0.25, -0.2) is 0 Å². The minimum absolute atomic E-state index is 0.972. The predicted octanol–water partition coefficient (Wildman–Crippen LogP) is 1.19. The van der Waals surface area contributed by atoms with E-state index in [1.807, 2.05) is 10.9 Å². The molecule has 1 fully saturated rings. The molecule has 0 bridgehead atoms. The van der Waals surface area contributed by atoms with Crippen LogP contribution in [0.3, 0.4) is 0 Å². The van der Waals surface area contributed by atoms with Gasteiger partial charge in [0.2, 0.25) is 0 Å². The van der Waals surface area contributed by atoms with Crippen LogP contribution in [0, 0.1) is 12.8 Å². The van der Waals surface area contributed by atoms with Crippen molar-refractivity contribution >= 4 is 0 Å². The Morgan fingerprint density at radius 3 is 3.08 bits per heavy atom. The Balaban J connectivity index is 1.61. The van der Waals surface area contributed by atoms with Crippen LogP contribution in [0.25, 0.3) is 0 Å². The van der Waals surface area contributed by atoms with Crippen LogP contribution >= 0.6 is 0 Å². The minimum Gasteiger partial charge on any atom is -0.315 e. The SMILES string of the molecule is Cc1cnn(CCNCC2CC2)c1. The Labute approximate surface area is 79.1 Å². The van der Waals surface area contributed by atoms with Crippen LogP contribution in [-0.4, -0.2) is 22.9 Å². The lowest BCUT2D eigenvalue weighted by molar-refractivity contribution is 0.542. The molecule has 1 saturated carbocycles. The fourth-order valence-corrected chi connectivity index (χ4v) is 1.41. The first-order valence-corrected chi connectivity index (χ1v) is 5.04. The van der Waals surface area contributed by atoms with Crippen molar-refractivity contribution in [3.8, 4) is 0 Å². The lowest BCUT2D eigenvalue weighted by Gasteiger charge is -2.03. The van der Waals surface area contributed by atoms with Crippen LogP contribution < -0.4 is 5.32 Å². The highest BCUT2D eigenvalue weighted by Gasteiger charge is 2.19. The summed E-state index contributed by atoms with van der Waals surface area (Å²) in [6.45, 7) is 5.29. The number of aromatic nitrogens is 2. The smallest absolute Gasteiger partial charge is 0.0534 e. The maximum Gasteiger partial charge on any atom is 0.0534 e. The van der Waals surface area contributed by atoms with Gasteiger partial charge in [-0.05, 0) is 37.8 Å². The van der Waals surface area contributed by atoms with Gasteiger partial charge >= 0.3 is 0 Å². The average molecular weight is 179 g/mol. The summed E-state index contributed by atoms with van der Waals surface area (Å²) in [6, 6.07) is 0. The summed E-state index contributed by atoms with van der Waals surface area (Å²) in [6.07, 6.45) is 6.83. The minimum atomic E-state index is 0.972. The molecule has 0 unspecified atom stereocenters. The van der Waals surface area contributed by atoms with Crippen molar-refractivity contribution in [2.45, 2.75) is 26.3 Å². The highest BCUT2D eigenvalue weighted by Crippen LogP contribution is 2.27. The number of nitrogens with zero attached hydrogens (tertiary/aromatic N) is 2. The van der Waals surface area contributed by atoms with Crippen LogP contribution in [0.15, 0.2) is 12.4 Å². The Bertz CT molecular complexity index is 263. The molecule has 1 heterocycles. The van der Waals surface area contributed by atoms with Crippen molar-refractivity contribution in [3.05, 3.63) is 18.0 Å². The molecule has 1 aliphatic rings. The van der Waals surface area contributed by atoms with E-state index in [1.54, 1.807) is 0 Å². The summed E-state index contributed by atoms with van der Waals surface area (Å²) >= 11 is 0.